The van der Waals surface area contributed by atoms with E-state index in [2.05, 4.69) is 26.6 Å². The summed E-state index contributed by atoms with van der Waals surface area (Å²) in [6.07, 6.45) is 1.33. The Morgan fingerprint density at radius 2 is 1.73 bits per heavy atom. The molecule has 2 rings (SSSR count). The average molecular weight is 423 g/mol. The predicted molar refractivity (Wildman–Crippen MR) is 93.5 cm³/mol. The van der Waals surface area contributed by atoms with Gasteiger partial charge in [0.1, 0.15) is 6.54 Å². The van der Waals surface area contributed by atoms with E-state index in [1.807, 2.05) is 0 Å². The van der Waals surface area contributed by atoms with Crippen LogP contribution in [-0.4, -0.2) is 43.3 Å². The molecule has 0 saturated carbocycles. The van der Waals surface area contributed by atoms with Crippen LogP contribution in [-0.2, 0) is 14.3 Å². The highest BCUT2D eigenvalue weighted by Gasteiger charge is 2.13. The SMILES string of the molecule is O=C(CNC(=O)c1ccco1)NCC(=O)OCC(=O)c1ccc(Br)cc1. The van der Waals surface area contributed by atoms with Crippen LogP contribution < -0.4 is 10.6 Å². The van der Waals surface area contributed by atoms with Crippen molar-refractivity contribution in [3.05, 3.63) is 58.5 Å². The van der Waals surface area contributed by atoms with E-state index in [1.54, 1.807) is 30.3 Å². The lowest BCUT2D eigenvalue weighted by Crippen LogP contribution is -2.39. The highest BCUT2D eigenvalue weighted by molar-refractivity contribution is 9.10. The van der Waals surface area contributed by atoms with Crippen LogP contribution in [0.4, 0.5) is 0 Å². The summed E-state index contributed by atoms with van der Waals surface area (Å²) in [6.45, 7) is -1.17. The third-order valence-corrected chi connectivity index (χ3v) is 3.64. The van der Waals surface area contributed by atoms with Crippen LogP contribution >= 0.6 is 15.9 Å². The molecule has 0 bridgehead atoms. The van der Waals surface area contributed by atoms with Gasteiger partial charge in [0, 0.05) is 10.0 Å². The van der Waals surface area contributed by atoms with Crippen molar-refractivity contribution in [2.75, 3.05) is 19.7 Å². The molecule has 1 aromatic carbocycles. The number of rotatable bonds is 8. The summed E-state index contributed by atoms with van der Waals surface area (Å²) in [6, 6.07) is 9.60. The van der Waals surface area contributed by atoms with Crippen molar-refractivity contribution >= 4 is 39.5 Å². The molecule has 2 N–H and O–H groups in total. The molecule has 0 aliphatic heterocycles. The zero-order valence-corrected chi connectivity index (χ0v) is 15.1. The molecule has 2 aromatic rings. The van der Waals surface area contributed by atoms with Crippen LogP contribution in [0.1, 0.15) is 20.9 Å². The normalized spacial score (nSPS) is 10.0. The lowest BCUT2D eigenvalue weighted by atomic mass is 10.1. The standard InChI is InChI=1S/C17H15BrN2O6/c18-12-5-3-11(4-6-12)13(21)10-26-16(23)9-19-15(22)8-20-17(24)14-2-1-7-25-14/h1-7H,8-10H2,(H,19,22)(H,20,24). The maximum Gasteiger partial charge on any atom is 0.325 e. The van der Waals surface area contributed by atoms with Gasteiger partial charge in [0.25, 0.3) is 5.91 Å². The van der Waals surface area contributed by atoms with E-state index in [-0.39, 0.29) is 18.1 Å². The second kappa shape index (κ2) is 9.52. The van der Waals surface area contributed by atoms with Crippen molar-refractivity contribution in [1.82, 2.24) is 10.6 Å². The first kappa shape index (κ1) is 19.4. The van der Waals surface area contributed by atoms with Crippen molar-refractivity contribution in [3.63, 3.8) is 0 Å². The Kier molecular flexibility index (Phi) is 7.10. The summed E-state index contributed by atoms with van der Waals surface area (Å²) in [4.78, 5) is 46.6. The fourth-order valence-electron chi connectivity index (χ4n) is 1.80. The van der Waals surface area contributed by atoms with Gasteiger partial charge < -0.3 is 19.8 Å². The molecule has 26 heavy (non-hydrogen) atoms. The molecule has 9 heteroatoms. The summed E-state index contributed by atoms with van der Waals surface area (Å²) in [7, 11) is 0. The molecular weight excluding hydrogens is 408 g/mol. The largest absolute Gasteiger partial charge is 0.459 e. The summed E-state index contributed by atoms with van der Waals surface area (Å²) in [5.41, 5.74) is 0.408. The zero-order chi connectivity index (χ0) is 18.9. The van der Waals surface area contributed by atoms with Gasteiger partial charge in [-0.05, 0) is 24.3 Å². The van der Waals surface area contributed by atoms with Crippen molar-refractivity contribution in [3.8, 4) is 0 Å². The summed E-state index contributed by atoms with van der Waals surface area (Å²) < 4.78 is 10.5. The van der Waals surface area contributed by atoms with Crippen LogP contribution in [0, 0.1) is 0 Å². The molecule has 0 fully saturated rings. The van der Waals surface area contributed by atoms with E-state index in [0.717, 1.165) is 4.47 Å². The molecule has 2 amide bonds. The van der Waals surface area contributed by atoms with E-state index in [9.17, 15) is 19.2 Å². The van der Waals surface area contributed by atoms with E-state index >= 15 is 0 Å². The van der Waals surface area contributed by atoms with Gasteiger partial charge in [0.05, 0.1) is 12.8 Å². The number of amides is 2. The molecule has 0 radical (unpaired) electrons. The van der Waals surface area contributed by atoms with Crippen molar-refractivity contribution in [2.24, 2.45) is 0 Å². The first-order chi connectivity index (χ1) is 12.5. The van der Waals surface area contributed by atoms with Crippen molar-refractivity contribution in [1.29, 1.82) is 0 Å². The minimum absolute atomic E-state index is 0.0728. The highest BCUT2D eigenvalue weighted by atomic mass is 79.9. The Morgan fingerprint density at radius 1 is 1.00 bits per heavy atom. The number of halogens is 1. The Morgan fingerprint density at radius 3 is 2.38 bits per heavy atom. The number of furan rings is 1. The van der Waals surface area contributed by atoms with E-state index in [0.29, 0.717) is 5.56 Å². The highest BCUT2D eigenvalue weighted by Crippen LogP contribution is 2.11. The second-order valence-corrected chi connectivity index (χ2v) is 5.94. The molecule has 0 aliphatic carbocycles. The lowest BCUT2D eigenvalue weighted by Gasteiger charge is -2.07. The monoisotopic (exact) mass is 422 g/mol. The van der Waals surface area contributed by atoms with Gasteiger partial charge >= 0.3 is 5.97 Å². The number of benzene rings is 1. The van der Waals surface area contributed by atoms with Gasteiger partial charge in [-0.15, -0.1) is 0 Å². The third-order valence-electron chi connectivity index (χ3n) is 3.11. The first-order valence-corrected chi connectivity index (χ1v) is 8.28. The molecule has 0 atom stereocenters. The fraction of sp³-hybridized carbons (Fsp3) is 0.176. The quantitative estimate of drug-likeness (QED) is 0.489. The predicted octanol–water partition coefficient (Wildman–Crippen LogP) is 1.31. The smallest absolute Gasteiger partial charge is 0.325 e. The first-order valence-electron chi connectivity index (χ1n) is 7.48. The maximum absolute atomic E-state index is 11.9. The minimum atomic E-state index is -0.763. The molecule has 0 aliphatic rings. The van der Waals surface area contributed by atoms with Gasteiger partial charge in [-0.2, -0.15) is 0 Å². The van der Waals surface area contributed by atoms with Crippen LogP contribution in [0.5, 0.6) is 0 Å². The Balaban J connectivity index is 1.64. The van der Waals surface area contributed by atoms with Crippen LogP contribution in [0.25, 0.3) is 0 Å². The molecule has 0 saturated heterocycles. The zero-order valence-electron chi connectivity index (χ0n) is 13.5. The average Bonchev–Trinajstić information content (AvgIpc) is 3.17. The molecule has 8 nitrogen and oxygen atoms in total. The van der Waals surface area contributed by atoms with Gasteiger partial charge in [0.15, 0.2) is 18.2 Å². The Hall–Kier alpha value is -2.94. The number of esters is 1. The third kappa shape index (κ3) is 6.17. The summed E-state index contributed by atoms with van der Waals surface area (Å²) >= 11 is 3.26. The molecule has 136 valence electrons. The molecule has 1 heterocycles. The lowest BCUT2D eigenvalue weighted by molar-refractivity contribution is -0.142. The van der Waals surface area contributed by atoms with Crippen molar-refractivity contribution in [2.45, 2.75) is 0 Å². The summed E-state index contributed by atoms with van der Waals surface area (Å²) in [5.74, 6) is -2.18. The second-order valence-electron chi connectivity index (χ2n) is 5.03. The Bertz CT molecular complexity index is 786. The van der Waals surface area contributed by atoms with Gasteiger partial charge in [-0.25, -0.2) is 0 Å². The van der Waals surface area contributed by atoms with Crippen LogP contribution in [0.2, 0.25) is 0 Å². The number of ketones is 1. The number of hydrogen-bond donors (Lipinski definition) is 2. The number of ether oxygens (including phenoxy) is 1. The molecular formula is C17H15BrN2O6. The fourth-order valence-corrected chi connectivity index (χ4v) is 2.07. The Labute approximate surface area is 157 Å². The van der Waals surface area contributed by atoms with Gasteiger partial charge in [-0.3, -0.25) is 19.2 Å². The van der Waals surface area contributed by atoms with Crippen molar-refractivity contribution < 1.29 is 28.3 Å². The van der Waals surface area contributed by atoms with E-state index in [4.69, 9.17) is 9.15 Å². The van der Waals surface area contributed by atoms with Gasteiger partial charge in [-0.1, -0.05) is 28.1 Å². The van der Waals surface area contributed by atoms with Crippen LogP contribution in [0.15, 0.2) is 51.6 Å². The number of hydrogen-bond acceptors (Lipinski definition) is 6. The van der Waals surface area contributed by atoms with Crippen LogP contribution in [0.3, 0.4) is 0 Å². The number of carbonyl (C=O) groups is 4. The van der Waals surface area contributed by atoms with Gasteiger partial charge in [0.2, 0.25) is 5.91 Å². The number of Topliss-reactive ketones (excluding diaryl/α,β-unsaturated/α-hetero) is 1. The summed E-state index contributed by atoms with van der Waals surface area (Å²) in [5, 5.41) is 4.61. The van der Waals surface area contributed by atoms with E-state index < -0.39 is 30.9 Å². The molecule has 1 aromatic heterocycles. The molecule has 0 unspecified atom stereocenters. The maximum atomic E-state index is 11.9. The molecule has 0 spiro atoms. The minimum Gasteiger partial charge on any atom is -0.459 e. The van der Waals surface area contributed by atoms with E-state index in [1.165, 1.54) is 12.3 Å². The topological polar surface area (TPSA) is 115 Å². The number of nitrogens with one attached hydrogen (secondary N) is 2. The number of carbonyl (C=O) groups excluding carboxylic acids is 4.